The minimum absolute atomic E-state index is 1.00. The second-order valence-electron chi connectivity index (χ2n) is 6.58. The number of halogens is 1. The van der Waals surface area contributed by atoms with Crippen molar-refractivity contribution in [1.82, 2.24) is 0 Å². The molecule has 4 aromatic rings. The fourth-order valence-corrected chi connectivity index (χ4v) is 9.16. The van der Waals surface area contributed by atoms with E-state index >= 15 is 0 Å². The van der Waals surface area contributed by atoms with E-state index in [0.29, 0.717) is 0 Å². The van der Waals surface area contributed by atoms with E-state index in [1.807, 2.05) is 0 Å². The summed E-state index contributed by atoms with van der Waals surface area (Å²) in [6, 6.07) is 41.6. The van der Waals surface area contributed by atoms with Crippen molar-refractivity contribution in [1.29, 1.82) is 0 Å². The van der Waals surface area contributed by atoms with Gasteiger partial charge in [0.2, 0.25) is 0 Å². The van der Waals surface area contributed by atoms with Crippen LogP contribution < -0.4 is 15.9 Å². The van der Waals surface area contributed by atoms with Gasteiger partial charge in [-0.3, -0.25) is 0 Å². The van der Waals surface area contributed by atoms with E-state index in [1.54, 1.807) is 0 Å². The van der Waals surface area contributed by atoms with Gasteiger partial charge < -0.3 is 0 Å². The Balaban J connectivity index is 2.04. The van der Waals surface area contributed by atoms with Crippen LogP contribution in [0, 0.1) is 0 Å². The van der Waals surface area contributed by atoms with Gasteiger partial charge in [-0.15, -0.1) is 0 Å². The highest BCUT2D eigenvalue weighted by Crippen LogP contribution is 2.59. The average Bonchev–Trinajstić information content (AvgIpc) is 2.75. The van der Waals surface area contributed by atoms with E-state index in [0.717, 1.165) is 6.16 Å². The van der Waals surface area contributed by atoms with Crippen molar-refractivity contribution in [3.05, 3.63) is 125 Å². The normalized spacial score (nSPS) is 11.3. The molecule has 0 heterocycles. The van der Waals surface area contributed by atoms with Crippen molar-refractivity contribution in [3.63, 3.8) is 0 Å². The third-order valence-electron chi connectivity index (χ3n) is 4.92. The van der Waals surface area contributed by atoms with Crippen molar-refractivity contribution in [3.8, 4) is 0 Å². The highest BCUT2D eigenvalue weighted by atomic mass is 79.9. The van der Waals surface area contributed by atoms with Crippen LogP contribution in [0.5, 0.6) is 0 Å². The summed E-state index contributed by atoms with van der Waals surface area (Å²) in [5.41, 5.74) is 1.37. The molecule has 27 heavy (non-hydrogen) atoms. The van der Waals surface area contributed by atoms with Gasteiger partial charge >= 0.3 is 0 Å². The molecular weight excluding hydrogens is 411 g/mol. The summed E-state index contributed by atoms with van der Waals surface area (Å²) in [7, 11) is -1.86. The van der Waals surface area contributed by atoms with Crippen LogP contribution >= 0.6 is 23.2 Å². The van der Waals surface area contributed by atoms with Crippen LogP contribution in [0.4, 0.5) is 0 Å². The molecule has 0 N–H and O–H groups in total. The number of hydrogen-bond donors (Lipinski definition) is 0. The van der Waals surface area contributed by atoms with Gasteiger partial charge in [0.25, 0.3) is 0 Å². The van der Waals surface area contributed by atoms with Gasteiger partial charge in [0.05, 0.1) is 10.6 Å². The predicted octanol–water partition coefficient (Wildman–Crippen LogP) is 5.94. The molecule has 0 radical (unpaired) electrons. The van der Waals surface area contributed by atoms with Crippen molar-refractivity contribution in [2.24, 2.45) is 0 Å². The van der Waals surface area contributed by atoms with Gasteiger partial charge in [-0.25, -0.2) is 0 Å². The lowest BCUT2D eigenvalue weighted by molar-refractivity contribution is 1.39. The molecule has 132 valence electrons. The fraction of sp³-hybridized carbons (Fsp3) is 0.0400. The molecule has 0 aliphatic heterocycles. The molecule has 0 atom stereocenters. The molecule has 0 nitrogen and oxygen atoms in total. The summed E-state index contributed by atoms with van der Waals surface area (Å²) in [4.78, 5) is 0. The number of hydrogen-bond acceptors (Lipinski definition) is 0. The Morgan fingerprint density at radius 2 is 0.963 bits per heavy atom. The molecular formula is C25H21BrP+. The maximum Gasteiger partial charge on any atom is 0.119 e. The first-order chi connectivity index (χ1) is 13.3. The van der Waals surface area contributed by atoms with E-state index in [9.17, 15) is 0 Å². The van der Waals surface area contributed by atoms with Gasteiger partial charge in [0.15, 0.2) is 0 Å². The molecule has 0 aliphatic carbocycles. The lowest BCUT2D eigenvalue weighted by atomic mass is 10.2. The van der Waals surface area contributed by atoms with Crippen molar-refractivity contribution in [2.75, 3.05) is 0 Å². The Bertz CT molecular complexity index is 958. The first kappa shape index (κ1) is 18.2. The average molecular weight is 432 g/mol. The SMILES string of the molecule is Brc1ccccc1[P+](Cc1ccccc1)(c1ccccc1)c1ccccc1. The molecule has 0 saturated heterocycles. The van der Waals surface area contributed by atoms with Gasteiger partial charge in [0.1, 0.15) is 23.2 Å². The van der Waals surface area contributed by atoms with Crippen LogP contribution in [0.15, 0.2) is 120 Å². The highest BCUT2D eigenvalue weighted by Gasteiger charge is 2.46. The second kappa shape index (κ2) is 8.21. The molecule has 4 aromatic carbocycles. The predicted molar refractivity (Wildman–Crippen MR) is 123 cm³/mol. The maximum absolute atomic E-state index is 3.87. The van der Waals surface area contributed by atoms with E-state index in [2.05, 4.69) is 131 Å². The van der Waals surface area contributed by atoms with E-state index < -0.39 is 7.26 Å². The zero-order valence-corrected chi connectivity index (χ0v) is 17.5. The van der Waals surface area contributed by atoms with Gasteiger partial charge in [-0.2, -0.15) is 0 Å². The molecule has 0 spiro atoms. The molecule has 0 fully saturated rings. The van der Waals surface area contributed by atoms with Crippen LogP contribution in [0.2, 0.25) is 0 Å². The minimum atomic E-state index is -1.86. The summed E-state index contributed by atoms with van der Waals surface area (Å²) in [5, 5.41) is 4.21. The van der Waals surface area contributed by atoms with Crippen LogP contribution in [-0.4, -0.2) is 0 Å². The van der Waals surface area contributed by atoms with Crippen LogP contribution in [0.25, 0.3) is 0 Å². The largest absolute Gasteiger partial charge is 0.119 e. The van der Waals surface area contributed by atoms with Crippen molar-refractivity contribution < 1.29 is 0 Å². The molecule has 0 aromatic heterocycles. The minimum Gasteiger partial charge on any atom is -0.0622 e. The van der Waals surface area contributed by atoms with Crippen molar-refractivity contribution >= 4 is 39.1 Å². The Labute approximate surface area is 170 Å². The topological polar surface area (TPSA) is 0 Å². The Hall–Kier alpha value is -2.21. The van der Waals surface area contributed by atoms with Crippen LogP contribution in [0.1, 0.15) is 5.56 Å². The lowest BCUT2D eigenvalue weighted by Crippen LogP contribution is -2.33. The van der Waals surface area contributed by atoms with E-state index in [-0.39, 0.29) is 0 Å². The summed E-state index contributed by atoms with van der Waals surface area (Å²) in [6.07, 6.45) is 1.00. The molecule has 2 heteroatoms. The fourth-order valence-electron chi connectivity index (χ4n) is 3.68. The zero-order chi connectivity index (χ0) is 18.5. The first-order valence-corrected chi connectivity index (χ1v) is 11.9. The van der Waals surface area contributed by atoms with Crippen LogP contribution in [0.3, 0.4) is 0 Å². The first-order valence-electron chi connectivity index (χ1n) is 9.09. The van der Waals surface area contributed by atoms with E-state index in [1.165, 1.54) is 25.9 Å². The monoisotopic (exact) mass is 431 g/mol. The number of benzene rings is 4. The van der Waals surface area contributed by atoms with Crippen LogP contribution in [-0.2, 0) is 6.16 Å². The van der Waals surface area contributed by atoms with Crippen molar-refractivity contribution in [2.45, 2.75) is 6.16 Å². The number of rotatable bonds is 5. The Kier molecular flexibility index (Phi) is 5.53. The second-order valence-corrected chi connectivity index (χ2v) is 10.9. The Morgan fingerprint density at radius 3 is 1.48 bits per heavy atom. The summed E-state index contributed by atoms with van der Waals surface area (Å²) in [5.74, 6) is 0. The van der Waals surface area contributed by atoms with Gasteiger partial charge in [0, 0.05) is 0 Å². The third kappa shape index (κ3) is 3.63. The smallest absolute Gasteiger partial charge is 0.0622 e. The quantitative estimate of drug-likeness (QED) is 0.342. The lowest BCUT2D eigenvalue weighted by Gasteiger charge is -2.28. The molecule has 0 aliphatic rings. The molecule has 0 unspecified atom stereocenters. The summed E-state index contributed by atoms with van der Waals surface area (Å²) >= 11 is 3.87. The standard InChI is InChI=1S/C25H21BrP/c26-24-18-10-11-19-25(24)27(22-14-6-2-7-15-22,23-16-8-3-9-17-23)20-21-12-4-1-5-13-21/h1-19H,20H2/q+1. The summed E-state index contributed by atoms with van der Waals surface area (Å²) < 4.78 is 1.18. The molecule has 4 rings (SSSR count). The molecule has 0 saturated carbocycles. The molecule has 0 amide bonds. The van der Waals surface area contributed by atoms with E-state index in [4.69, 9.17) is 0 Å². The third-order valence-corrected chi connectivity index (χ3v) is 10.3. The van der Waals surface area contributed by atoms with Gasteiger partial charge in [-0.1, -0.05) is 78.9 Å². The maximum atomic E-state index is 3.87. The highest BCUT2D eigenvalue weighted by molar-refractivity contribution is 9.10. The molecule has 0 bridgehead atoms. The Morgan fingerprint density at radius 1 is 0.519 bits per heavy atom. The van der Waals surface area contributed by atoms with Gasteiger partial charge in [-0.05, 0) is 57.9 Å². The zero-order valence-electron chi connectivity index (χ0n) is 15.0. The summed E-state index contributed by atoms with van der Waals surface area (Å²) in [6.45, 7) is 0.